The van der Waals surface area contributed by atoms with E-state index < -0.39 is 0 Å². The molecular weight excluding hydrogens is 253 g/mol. The zero-order chi connectivity index (χ0) is 12.0. The van der Waals surface area contributed by atoms with Gasteiger partial charge in [-0.2, -0.15) is 0 Å². The number of hydrogen-bond acceptors (Lipinski definition) is 1. The molecule has 3 heteroatoms. The predicted molar refractivity (Wildman–Crippen MR) is 72.7 cm³/mol. The van der Waals surface area contributed by atoms with Gasteiger partial charge in [0.05, 0.1) is 5.50 Å². The zero-order valence-electron chi connectivity index (χ0n) is 9.94. The number of halogens is 2. The second kappa shape index (κ2) is 4.46. The Hall–Kier alpha value is -0.240. The Kier molecular flexibility index (Phi) is 3.10. The van der Waals surface area contributed by atoms with Crippen LogP contribution in [0.1, 0.15) is 24.8 Å². The van der Waals surface area contributed by atoms with Crippen molar-refractivity contribution in [1.82, 2.24) is 4.90 Å². The van der Waals surface area contributed by atoms with Gasteiger partial charge in [-0.05, 0) is 48.8 Å². The van der Waals surface area contributed by atoms with Crippen LogP contribution >= 0.6 is 23.2 Å². The topological polar surface area (TPSA) is 3.24 Å². The molecule has 2 aliphatic rings. The van der Waals surface area contributed by atoms with Crippen molar-refractivity contribution in [3.8, 4) is 0 Å². The summed E-state index contributed by atoms with van der Waals surface area (Å²) in [5, 5.41) is 0.826. The average molecular weight is 270 g/mol. The minimum Gasteiger partial charge on any atom is -0.287 e. The van der Waals surface area contributed by atoms with E-state index in [4.69, 9.17) is 23.2 Å². The Balaban J connectivity index is 1.71. The van der Waals surface area contributed by atoms with Crippen molar-refractivity contribution in [2.45, 2.75) is 24.8 Å². The van der Waals surface area contributed by atoms with E-state index in [1.54, 1.807) is 0 Å². The first kappa shape index (κ1) is 11.8. The highest BCUT2D eigenvalue weighted by Gasteiger charge is 2.47. The van der Waals surface area contributed by atoms with Crippen LogP contribution in [0.2, 0.25) is 5.02 Å². The number of benzene rings is 1. The number of hydrogen-bond donors (Lipinski definition) is 0. The molecule has 1 nitrogen and oxygen atoms in total. The van der Waals surface area contributed by atoms with Gasteiger partial charge in [0.1, 0.15) is 0 Å². The maximum atomic E-state index is 6.17. The Bertz CT molecular complexity index is 401. The molecule has 3 rings (SSSR count). The molecule has 1 aliphatic carbocycles. The zero-order valence-corrected chi connectivity index (χ0v) is 11.5. The molecule has 1 aliphatic heterocycles. The lowest BCUT2D eigenvalue weighted by atomic mass is 9.64. The number of rotatable bonds is 2. The Morgan fingerprint density at radius 2 is 1.94 bits per heavy atom. The molecule has 92 valence electrons. The van der Waals surface area contributed by atoms with Gasteiger partial charge in [-0.25, -0.2) is 0 Å². The van der Waals surface area contributed by atoms with Gasteiger partial charge >= 0.3 is 0 Å². The maximum Gasteiger partial charge on any atom is 0.0822 e. The highest BCUT2D eigenvalue weighted by Crippen LogP contribution is 2.51. The summed E-state index contributed by atoms with van der Waals surface area (Å²) in [4.78, 5) is 2.40. The first-order valence-corrected chi connectivity index (χ1v) is 7.10. The predicted octanol–water partition coefficient (Wildman–Crippen LogP) is 3.96. The maximum absolute atomic E-state index is 6.17. The smallest absolute Gasteiger partial charge is 0.0822 e. The molecule has 0 radical (unpaired) electrons. The number of nitrogens with zero attached hydrogens (tertiary/aromatic N) is 1. The molecule has 1 saturated heterocycles. The average Bonchev–Trinajstić information content (AvgIpc) is 2.60. The van der Waals surface area contributed by atoms with Crippen LogP contribution in [0.3, 0.4) is 0 Å². The SMILES string of the molecule is CC(Cl)N1C[C@H]2C[C@H](c3ccc(Cl)cc3)[C@H]2C1. The Labute approximate surface area is 113 Å². The van der Waals surface area contributed by atoms with Gasteiger partial charge in [0, 0.05) is 18.1 Å². The van der Waals surface area contributed by atoms with Crippen molar-refractivity contribution in [2.24, 2.45) is 11.8 Å². The molecule has 0 aromatic heterocycles. The molecule has 0 bridgehead atoms. The second-order valence-electron chi connectivity index (χ2n) is 5.35. The Morgan fingerprint density at radius 1 is 1.24 bits per heavy atom. The number of alkyl halides is 1. The van der Waals surface area contributed by atoms with Gasteiger partial charge < -0.3 is 0 Å². The molecule has 1 saturated carbocycles. The van der Waals surface area contributed by atoms with E-state index in [9.17, 15) is 0 Å². The van der Waals surface area contributed by atoms with Gasteiger partial charge in [-0.15, -0.1) is 11.6 Å². The van der Waals surface area contributed by atoms with Gasteiger partial charge in [-0.1, -0.05) is 23.7 Å². The van der Waals surface area contributed by atoms with Crippen LogP contribution in [0.15, 0.2) is 24.3 Å². The fourth-order valence-corrected chi connectivity index (χ4v) is 3.61. The summed E-state index contributed by atoms with van der Waals surface area (Å²) in [5.41, 5.74) is 1.62. The minimum atomic E-state index is 0.173. The summed E-state index contributed by atoms with van der Waals surface area (Å²) < 4.78 is 0. The molecular formula is C14H17Cl2N. The van der Waals surface area contributed by atoms with E-state index in [0.717, 1.165) is 29.3 Å². The third-order valence-electron chi connectivity index (χ3n) is 4.39. The molecule has 0 spiro atoms. The standard InChI is InChI=1S/C14H17Cl2N/c1-9(15)17-7-11-6-13(14(11)8-17)10-2-4-12(16)5-3-10/h2-5,9,11,13-14H,6-8H2,1H3/t9?,11-,13-,14+/m1/s1. The van der Waals surface area contributed by atoms with Crippen LogP contribution in [0.25, 0.3) is 0 Å². The number of likely N-dealkylation sites (tertiary alicyclic amines) is 1. The summed E-state index contributed by atoms with van der Waals surface area (Å²) in [6.45, 7) is 4.41. The summed E-state index contributed by atoms with van der Waals surface area (Å²) in [6.07, 6.45) is 1.31. The van der Waals surface area contributed by atoms with Crippen molar-refractivity contribution in [3.05, 3.63) is 34.9 Å². The highest BCUT2D eigenvalue weighted by atomic mass is 35.5. The van der Waals surface area contributed by atoms with E-state index in [1.807, 2.05) is 12.1 Å². The summed E-state index contributed by atoms with van der Waals surface area (Å²) >= 11 is 12.1. The summed E-state index contributed by atoms with van der Waals surface area (Å²) in [5.74, 6) is 2.38. The highest BCUT2D eigenvalue weighted by molar-refractivity contribution is 6.30. The molecule has 1 unspecified atom stereocenters. The van der Waals surface area contributed by atoms with Crippen LogP contribution < -0.4 is 0 Å². The van der Waals surface area contributed by atoms with Crippen molar-refractivity contribution < 1.29 is 0 Å². The van der Waals surface area contributed by atoms with Crippen LogP contribution in [0.4, 0.5) is 0 Å². The third-order valence-corrected chi connectivity index (χ3v) is 4.92. The quantitative estimate of drug-likeness (QED) is 0.580. The van der Waals surface area contributed by atoms with Gasteiger partial charge in [0.15, 0.2) is 0 Å². The van der Waals surface area contributed by atoms with E-state index in [-0.39, 0.29) is 5.50 Å². The molecule has 2 fully saturated rings. The van der Waals surface area contributed by atoms with E-state index in [1.165, 1.54) is 18.5 Å². The normalized spacial score (nSPS) is 34.2. The summed E-state index contributed by atoms with van der Waals surface area (Å²) in [7, 11) is 0. The number of fused-ring (bicyclic) bond motifs is 1. The fraction of sp³-hybridized carbons (Fsp3) is 0.571. The molecule has 1 aromatic rings. The summed E-state index contributed by atoms with van der Waals surface area (Å²) in [6, 6.07) is 8.36. The van der Waals surface area contributed by atoms with Crippen LogP contribution in [-0.4, -0.2) is 23.5 Å². The van der Waals surface area contributed by atoms with E-state index >= 15 is 0 Å². The van der Waals surface area contributed by atoms with Crippen molar-refractivity contribution in [3.63, 3.8) is 0 Å². The Morgan fingerprint density at radius 3 is 2.59 bits per heavy atom. The minimum absolute atomic E-state index is 0.173. The van der Waals surface area contributed by atoms with Crippen molar-refractivity contribution >= 4 is 23.2 Å². The van der Waals surface area contributed by atoms with Crippen molar-refractivity contribution in [1.29, 1.82) is 0 Å². The molecule has 0 amide bonds. The monoisotopic (exact) mass is 269 g/mol. The first-order valence-electron chi connectivity index (χ1n) is 6.28. The molecule has 17 heavy (non-hydrogen) atoms. The lowest BCUT2D eigenvalue weighted by Crippen LogP contribution is -2.33. The molecule has 1 aromatic carbocycles. The largest absolute Gasteiger partial charge is 0.287 e. The van der Waals surface area contributed by atoms with Gasteiger partial charge in [0.2, 0.25) is 0 Å². The van der Waals surface area contributed by atoms with Gasteiger partial charge in [-0.3, -0.25) is 4.90 Å². The van der Waals surface area contributed by atoms with E-state index in [0.29, 0.717) is 0 Å². The van der Waals surface area contributed by atoms with Crippen LogP contribution in [0.5, 0.6) is 0 Å². The lowest BCUT2D eigenvalue weighted by molar-refractivity contribution is 0.191. The molecule has 1 heterocycles. The van der Waals surface area contributed by atoms with Crippen molar-refractivity contribution in [2.75, 3.05) is 13.1 Å². The van der Waals surface area contributed by atoms with Crippen LogP contribution in [-0.2, 0) is 0 Å². The lowest BCUT2D eigenvalue weighted by Gasteiger charge is -2.40. The molecule has 0 N–H and O–H groups in total. The fourth-order valence-electron chi connectivity index (χ4n) is 3.32. The molecule has 4 atom stereocenters. The van der Waals surface area contributed by atoms with Gasteiger partial charge in [0.25, 0.3) is 0 Å². The third kappa shape index (κ3) is 2.09. The second-order valence-corrected chi connectivity index (χ2v) is 6.41. The first-order chi connectivity index (χ1) is 8.15. The van der Waals surface area contributed by atoms with E-state index in [2.05, 4.69) is 24.0 Å². The van der Waals surface area contributed by atoms with Crippen LogP contribution in [0, 0.1) is 11.8 Å².